The molecule has 184 valence electrons. The van der Waals surface area contributed by atoms with Gasteiger partial charge in [0.25, 0.3) is 0 Å². The first-order chi connectivity index (χ1) is 15.2. The van der Waals surface area contributed by atoms with E-state index in [1.165, 1.54) is 0 Å². The first kappa shape index (κ1) is 27.1. The Balaban J connectivity index is 3.03. The number of aromatic hydroxyl groups is 2. The number of phenolic OH excluding ortho intramolecular Hbond substituents is 2. The second-order valence-electron chi connectivity index (χ2n) is 11.3. The summed E-state index contributed by atoms with van der Waals surface area (Å²) in [6.07, 6.45) is 0. The fourth-order valence-corrected chi connectivity index (χ4v) is 4.96. The van der Waals surface area contributed by atoms with E-state index in [0.29, 0.717) is 11.5 Å². The number of hydrogen-bond donors (Lipinski definition) is 2. The van der Waals surface area contributed by atoms with E-state index in [2.05, 4.69) is 83.1 Å². The zero-order chi connectivity index (χ0) is 25.4. The van der Waals surface area contributed by atoms with Crippen LogP contribution in [0.2, 0.25) is 0 Å². The van der Waals surface area contributed by atoms with Crippen molar-refractivity contribution in [1.82, 2.24) is 0 Å². The highest BCUT2D eigenvalue weighted by molar-refractivity contribution is 5.62. The molecule has 3 nitrogen and oxygen atoms in total. The Morgan fingerprint density at radius 2 is 0.727 bits per heavy atom. The summed E-state index contributed by atoms with van der Waals surface area (Å²) in [5.41, 5.74) is 6.12. The van der Waals surface area contributed by atoms with Crippen molar-refractivity contribution in [3.05, 3.63) is 45.5 Å². The molecule has 0 amide bonds. The average molecular weight is 455 g/mol. The normalized spacial score (nSPS) is 12.3. The largest absolute Gasteiger partial charge is 0.508 e. The Morgan fingerprint density at radius 3 is 0.939 bits per heavy atom. The lowest BCUT2D eigenvalue weighted by molar-refractivity contribution is 0.422. The quantitative estimate of drug-likeness (QED) is 0.417. The molecule has 0 saturated heterocycles. The second kappa shape index (κ2) is 10.4. The van der Waals surface area contributed by atoms with Crippen LogP contribution in [0.5, 0.6) is 23.0 Å². The molecule has 0 bridgehead atoms. The van der Waals surface area contributed by atoms with Crippen LogP contribution in [-0.2, 0) is 0 Å². The Hall–Kier alpha value is -2.16. The van der Waals surface area contributed by atoms with E-state index in [4.69, 9.17) is 4.74 Å². The van der Waals surface area contributed by atoms with E-state index in [9.17, 15) is 10.2 Å². The zero-order valence-electron chi connectivity index (χ0n) is 22.9. The number of hydrogen-bond acceptors (Lipinski definition) is 3. The highest BCUT2D eigenvalue weighted by atomic mass is 16.5. The highest BCUT2D eigenvalue weighted by Gasteiger charge is 2.29. The van der Waals surface area contributed by atoms with Gasteiger partial charge in [0.15, 0.2) is 0 Å². The molecule has 0 atom stereocenters. The standard InChI is InChI=1S/C30H46O3/c1-15(2)21-13-23(31)25(17(5)6)27(19(9)10)29(21)33-30-22(16(3)4)14-24(32)26(18(7)8)28(30)20(11)12/h13-20,31-32H,1-12H3. The van der Waals surface area contributed by atoms with Gasteiger partial charge >= 0.3 is 0 Å². The molecule has 0 aliphatic carbocycles. The maximum Gasteiger partial charge on any atom is 0.134 e. The van der Waals surface area contributed by atoms with Gasteiger partial charge in [0.2, 0.25) is 0 Å². The van der Waals surface area contributed by atoms with Gasteiger partial charge in [-0.05, 0) is 47.6 Å². The molecule has 2 rings (SSSR count). The van der Waals surface area contributed by atoms with Gasteiger partial charge in [0, 0.05) is 33.4 Å². The van der Waals surface area contributed by atoms with Gasteiger partial charge in [-0.3, -0.25) is 0 Å². The average Bonchev–Trinajstić information content (AvgIpc) is 2.67. The van der Waals surface area contributed by atoms with Gasteiger partial charge in [0.1, 0.15) is 23.0 Å². The van der Waals surface area contributed by atoms with Crippen LogP contribution in [0.4, 0.5) is 0 Å². The van der Waals surface area contributed by atoms with E-state index < -0.39 is 0 Å². The van der Waals surface area contributed by atoms with Crippen molar-refractivity contribution < 1.29 is 14.9 Å². The van der Waals surface area contributed by atoms with Gasteiger partial charge in [-0.2, -0.15) is 0 Å². The van der Waals surface area contributed by atoms with E-state index in [0.717, 1.165) is 44.9 Å². The van der Waals surface area contributed by atoms with Crippen molar-refractivity contribution in [2.75, 3.05) is 0 Å². The SMILES string of the molecule is CC(C)c1cc(O)c(C(C)C)c(C(C)C)c1Oc1c(C(C)C)cc(O)c(C(C)C)c1C(C)C. The van der Waals surface area contributed by atoms with Gasteiger partial charge in [-0.1, -0.05) is 83.1 Å². The first-order valence-corrected chi connectivity index (χ1v) is 12.7. The predicted octanol–water partition coefficient (Wildman–Crippen LogP) is 9.63. The molecule has 0 fully saturated rings. The molecule has 3 heteroatoms. The molecule has 0 spiro atoms. The van der Waals surface area contributed by atoms with Crippen molar-refractivity contribution in [2.24, 2.45) is 0 Å². The van der Waals surface area contributed by atoms with E-state index in [1.807, 2.05) is 12.1 Å². The second-order valence-corrected chi connectivity index (χ2v) is 11.3. The van der Waals surface area contributed by atoms with Crippen LogP contribution in [-0.4, -0.2) is 10.2 Å². The fourth-order valence-electron chi connectivity index (χ4n) is 4.96. The minimum absolute atomic E-state index is 0.172. The maximum absolute atomic E-state index is 11.0. The molecule has 0 aromatic heterocycles. The summed E-state index contributed by atoms with van der Waals surface area (Å²) in [5.74, 6) is 3.54. The zero-order valence-corrected chi connectivity index (χ0v) is 22.9. The third kappa shape index (κ3) is 5.34. The van der Waals surface area contributed by atoms with Crippen LogP contribution in [0.15, 0.2) is 12.1 Å². The summed E-state index contributed by atoms with van der Waals surface area (Å²) in [5, 5.41) is 22.0. The topological polar surface area (TPSA) is 49.7 Å². The molecule has 0 aliphatic rings. The van der Waals surface area contributed by atoms with Gasteiger partial charge in [-0.15, -0.1) is 0 Å². The smallest absolute Gasteiger partial charge is 0.134 e. The summed E-state index contributed by atoms with van der Waals surface area (Å²) < 4.78 is 7.02. The molecule has 0 heterocycles. The third-order valence-electron chi connectivity index (χ3n) is 6.49. The summed E-state index contributed by atoms with van der Waals surface area (Å²) >= 11 is 0. The Morgan fingerprint density at radius 1 is 0.455 bits per heavy atom. The number of rotatable bonds is 8. The maximum atomic E-state index is 11.0. The van der Waals surface area contributed by atoms with Crippen LogP contribution in [0.1, 0.15) is 152 Å². The molecule has 0 saturated carbocycles. The van der Waals surface area contributed by atoms with E-state index in [1.54, 1.807) is 0 Å². The van der Waals surface area contributed by atoms with Crippen molar-refractivity contribution in [2.45, 2.75) is 119 Å². The third-order valence-corrected chi connectivity index (χ3v) is 6.49. The van der Waals surface area contributed by atoms with Crippen molar-refractivity contribution in [3.8, 4) is 23.0 Å². The van der Waals surface area contributed by atoms with Crippen LogP contribution >= 0.6 is 0 Å². The predicted molar refractivity (Wildman–Crippen MR) is 141 cm³/mol. The molecule has 33 heavy (non-hydrogen) atoms. The summed E-state index contributed by atoms with van der Waals surface area (Å²) in [4.78, 5) is 0. The van der Waals surface area contributed by atoms with Crippen LogP contribution < -0.4 is 4.74 Å². The van der Waals surface area contributed by atoms with Gasteiger partial charge in [0.05, 0.1) is 0 Å². The number of benzene rings is 2. The molecule has 2 aromatic carbocycles. The number of phenols is 2. The molecule has 2 N–H and O–H groups in total. The summed E-state index contributed by atoms with van der Waals surface area (Å²) in [6, 6.07) is 3.80. The molecule has 0 radical (unpaired) electrons. The van der Waals surface area contributed by atoms with Crippen LogP contribution in [0.25, 0.3) is 0 Å². The number of ether oxygens (including phenoxy) is 1. The molecule has 2 aromatic rings. The lowest BCUT2D eigenvalue weighted by Gasteiger charge is -2.30. The Bertz CT molecular complexity index is 900. The Labute approximate surface area is 202 Å². The lowest BCUT2D eigenvalue weighted by atomic mass is 9.83. The minimum atomic E-state index is 0.172. The summed E-state index contributed by atoms with van der Waals surface area (Å²) in [7, 11) is 0. The Kier molecular flexibility index (Phi) is 8.54. The van der Waals surface area contributed by atoms with Crippen molar-refractivity contribution in [3.63, 3.8) is 0 Å². The molecule has 0 unspecified atom stereocenters. The highest BCUT2D eigenvalue weighted by Crippen LogP contribution is 2.50. The van der Waals surface area contributed by atoms with Crippen molar-refractivity contribution in [1.29, 1.82) is 0 Å². The van der Waals surface area contributed by atoms with E-state index in [-0.39, 0.29) is 35.5 Å². The molecule has 0 aliphatic heterocycles. The van der Waals surface area contributed by atoms with Crippen LogP contribution in [0, 0.1) is 0 Å². The lowest BCUT2D eigenvalue weighted by Crippen LogP contribution is -2.10. The fraction of sp³-hybridized carbons (Fsp3) is 0.600. The van der Waals surface area contributed by atoms with E-state index >= 15 is 0 Å². The molecular formula is C30H46O3. The van der Waals surface area contributed by atoms with Crippen molar-refractivity contribution >= 4 is 0 Å². The van der Waals surface area contributed by atoms with Gasteiger partial charge in [-0.25, -0.2) is 0 Å². The van der Waals surface area contributed by atoms with Gasteiger partial charge < -0.3 is 14.9 Å². The molecular weight excluding hydrogens is 408 g/mol. The summed E-state index contributed by atoms with van der Waals surface area (Å²) in [6.45, 7) is 25.7. The minimum Gasteiger partial charge on any atom is -0.508 e. The first-order valence-electron chi connectivity index (χ1n) is 12.7. The van der Waals surface area contributed by atoms with Crippen LogP contribution in [0.3, 0.4) is 0 Å². The monoisotopic (exact) mass is 454 g/mol.